The highest BCUT2D eigenvalue weighted by atomic mass is 32.2. The number of aromatic nitrogens is 5. The summed E-state index contributed by atoms with van der Waals surface area (Å²) in [5, 5.41) is 7.61. The van der Waals surface area contributed by atoms with Crippen LogP contribution in [0.3, 0.4) is 0 Å². The van der Waals surface area contributed by atoms with Crippen LogP contribution in [0.4, 0.5) is 20.6 Å². The van der Waals surface area contributed by atoms with Gasteiger partial charge in [-0.15, -0.1) is 5.10 Å². The van der Waals surface area contributed by atoms with Crippen molar-refractivity contribution in [2.24, 2.45) is 4.36 Å². The summed E-state index contributed by atoms with van der Waals surface area (Å²) in [5.41, 5.74) is 0.842. The molecule has 2 aliphatic heterocycles. The molecule has 0 spiro atoms. The SMILES string of the molecule is O=C1O[C@@H](Cn2ccnn2)CN1c1ccc(N2CCS(=O)(=NCc3ncc[nH]3)CC2)c(F)c1. The second-order valence-electron chi connectivity index (χ2n) is 7.87. The number of benzene rings is 1. The van der Waals surface area contributed by atoms with Gasteiger partial charge in [-0.2, -0.15) is 0 Å². The molecule has 13 heteroatoms. The first-order valence-corrected chi connectivity index (χ1v) is 12.4. The summed E-state index contributed by atoms with van der Waals surface area (Å²) in [6, 6.07) is 4.68. The minimum absolute atomic E-state index is 0.277. The Morgan fingerprint density at radius 1 is 1.27 bits per heavy atom. The lowest BCUT2D eigenvalue weighted by Gasteiger charge is -2.31. The molecule has 3 aromatic rings. The van der Waals surface area contributed by atoms with Crippen molar-refractivity contribution < 1.29 is 18.1 Å². The van der Waals surface area contributed by atoms with Gasteiger partial charge in [0.05, 0.1) is 40.4 Å². The Hall–Kier alpha value is -3.48. The van der Waals surface area contributed by atoms with Crippen LogP contribution in [-0.2, 0) is 27.6 Å². The van der Waals surface area contributed by atoms with Gasteiger partial charge in [0.1, 0.15) is 24.3 Å². The van der Waals surface area contributed by atoms with Gasteiger partial charge in [0.2, 0.25) is 0 Å². The summed E-state index contributed by atoms with van der Waals surface area (Å²) in [6.07, 6.45) is 5.64. The summed E-state index contributed by atoms with van der Waals surface area (Å²) in [4.78, 5) is 22.6. The highest BCUT2D eigenvalue weighted by Crippen LogP contribution is 2.29. The topological polar surface area (TPSA) is 122 Å². The van der Waals surface area contributed by atoms with Gasteiger partial charge in [-0.25, -0.2) is 27.4 Å². The minimum atomic E-state index is -2.36. The fourth-order valence-electron chi connectivity index (χ4n) is 3.94. The molecule has 4 heterocycles. The van der Waals surface area contributed by atoms with Crippen LogP contribution in [0, 0.1) is 5.82 Å². The van der Waals surface area contributed by atoms with Crippen molar-refractivity contribution in [2.75, 3.05) is 40.9 Å². The molecule has 2 aliphatic rings. The molecule has 0 bridgehead atoms. The van der Waals surface area contributed by atoms with Gasteiger partial charge in [0.25, 0.3) is 0 Å². The third-order valence-electron chi connectivity index (χ3n) is 5.69. The van der Waals surface area contributed by atoms with Gasteiger partial charge in [0, 0.05) is 43.2 Å². The highest BCUT2D eigenvalue weighted by Gasteiger charge is 2.33. The molecule has 1 atom stereocenters. The standard InChI is InChI=1S/C20H23FN8O3S/c21-17-11-15(29-14-16(32-20(29)30)13-28-6-5-24-26-28)1-2-18(17)27-7-9-33(31,10-8-27)25-12-19-22-3-4-23-19/h1-6,11,16H,7-10,12-14H2,(H,22,23)/t16-/m0/s1. The van der Waals surface area contributed by atoms with Crippen LogP contribution in [0.25, 0.3) is 0 Å². The maximum absolute atomic E-state index is 15.0. The van der Waals surface area contributed by atoms with E-state index in [1.165, 1.54) is 11.0 Å². The van der Waals surface area contributed by atoms with Crippen LogP contribution in [0.1, 0.15) is 5.82 Å². The second kappa shape index (κ2) is 8.81. The van der Waals surface area contributed by atoms with Crippen LogP contribution >= 0.6 is 0 Å². The van der Waals surface area contributed by atoms with E-state index in [4.69, 9.17) is 4.74 Å². The second-order valence-corrected chi connectivity index (χ2v) is 10.5. The maximum atomic E-state index is 15.0. The highest BCUT2D eigenvalue weighted by molar-refractivity contribution is 7.93. The van der Waals surface area contributed by atoms with E-state index in [0.29, 0.717) is 54.9 Å². The lowest BCUT2D eigenvalue weighted by atomic mass is 10.2. The van der Waals surface area contributed by atoms with Crippen molar-refractivity contribution in [1.82, 2.24) is 25.0 Å². The summed E-state index contributed by atoms with van der Waals surface area (Å²) in [7, 11) is -2.36. The molecular formula is C20H23FN8O3S. The van der Waals surface area contributed by atoms with Gasteiger partial charge in [-0.05, 0) is 18.2 Å². The molecular weight excluding hydrogens is 451 g/mol. The maximum Gasteiger partial charge on any atom is 0.414 e. The third kappa shape index (κ3) is 4.67. The van der Waals surface area contributed by atoms with Crippen molar-refractivity contribution in [3.05, 3.63) is 54.6 Å². The van der Waals surface area contributed by atoms with Crippen LogP contribution in [0.2, 0.25) is 0 Å². The van der Waals surface area contributed by atoms with E-state index in [-0.39, 0.29) is 6.54 Å². The van der Waals surface area contributed by atoms with E-state index in [1.807, 2.05) is 4.90 Å². The lowest BCUT2D eigenvalue weighted by Crippen LogP contribution is -2.40. The first-order valence-electron chi connectivity index (χ1n) is 10.5. The minimum Gasteiger partial charge on any atom is -0.442 e. The van der Waals surface area contributed by atoms with Crippen molar-refractivity contribution >= 4 is 27.2 Å². The molecule has 2 aromatic heterocycles. The molecule has 0 radical (unpaired) electrons. The van der Waals surface area contributed by atoms with Gasteiger partial charge < -0.3 is 14.6 Å². The number of hydrogen-bond acceptors (Lipinski definition) is 8. The number of hydrogen-bond donors (Lipinski definition) is 1. The van der Waals surface area contributed by atoms with E-state index in [0.717, 1.165) is 0 Å². The van der Waals surface area contributed by atoms with Crippen LogP contribution in [-0.4, -0.2) is 72.5 Å². The Morgan fingerprint density at radius 3 is 2.82 bits per heavy atom. The predicted molar refractivity (Wildman–Crippen MR) is 119 cm³/mol. The quantitative estimate of drug-likeness (QED) is 0.577. The largest absolute Gasteiger partial charge is 0.442 e. The smallest absolute Gasteiger partial charge is 0.414 e. The molecule has 174 valence electrons. The number of halogens is 1. The van der Waals surface area contributed by atoms with E-state index < -0.39 is 27.7 Å². The number of amides is 1. The van der Waals surface area contributed by atoms with Crippen LogP contribution in [0.5, 0.6) is 0 Å². The van der Waals surface area contributed by atoms with Gasteiger partial charge in [0.15, 0.2) is 0 Å². The molecule has 0 saturated carbocycles. The van der Waals surface area contributed by atoms with Crippen molar-refractivity contribution in [1.29, 1.82) is 0 Å². The predicted octanol–water partition coefficient (Wildman–Crippen LogP) is 1.65. The van der Waals surface area contributed by atoms with Gasteiger partial charge >= 0.3 is 6.09 Å². The normalized spacial score (nSPS) is 20.2. The van der Waals surface area contributed by atoms with Crippen LogP contribution < -0.4 is 9.80 Å². The zero-order valence-electron chi connectivity index (χ0n) is 17.7. The average molecular weight is 475 g/mol. The molecule has 0 aliphatic carbocycles. The van der Waals surface area contributed by atoms with E-state index in [1.54, 1.807) is 41.6 Å². The molecule has 2 saturated heterocycles. The Labute approximate surface area is 189 Å². The summed E-state index contributed by atoms with van der Waals surface area (Å²) in [6.45, 7) is 1.81. The Bertz CT molecular complexity index is 1230. The first-order chi connectivity index (χ1) is 16.0. The summed E-state index contributed by atoms with van der Waals surface area (Å²) >= 11 is 0. The van der Waals surface area contributed by atoms with Crippen LogP contribution in [0.15, 0.2) is 47.3 Å². The number of rotatable bonds is 6. The molecule has 1 N–H and O–H groups in total. The molecule has 1 aromatic carbocycles. The number of anilines is 2. The van der Waals surface area contributed by atoms with Crippen molar-refractivity contribution in [2.45, 2.75) is 19.2 Å². The van der Waals surface area contributed by atoms with Crippen molar-refractivity contribution in [3.8, 4) is 0 Å². The molecule has 33 heavy (non-hydrogen) atoms. The lowest BCUT2D eigenvalue weighted by molar-refractivity contribution is 0.129. The zero-order chi connectivity index (χ0) is 22.8. The number of carbonyl (C=O) groups is 1. The Balaban J connectivity index is 1.23. The first kappa shape index (κ1) is 21.4. The number of nitrogens with zero attached hydrogens (tertiary/aromatic N) is 7. The molecule has 1 amide bonds. The molecule has 5 rings (SSSR count). The molecule has 11 nitrogen and oxygen atoms in total. The summed E-state index contributed by atoms with van der Waals surface area (Å²) in [5.74, 6) is 0.945. The van der Waals surface area contributed by atoms with E-state index in [2.05, 4.69) is 24.6 Å². The van der Waals surface area contributed by atoms with Gasteiger partial charge in [-0.3, -0.25) is 4.90 Å². The molecule has 0 unspecified atom stereocenters. The number of ether oxygens (including phenoxy) is 1. The fraction of sp³-hybridized carbons (Fsp3) is 0.400. The van der Waals surface area contributed by atoms with E-state index in [9.17, 15) is 13.4 Å². The van der Waals surface area contributed by atoms with Crippen molar-refractivity contribution in [3.63, 3.8) is 0 Å². The summed E-state index contributed by atoms with van der Waals surface area (Å²) < 4.78 is 39.3. The average Bonchev–Trinajstić information content (AvgIpc) is 3.57. The fourth-order valence-corrected chi connectivity index (χ4v) is 5.77. The molecule has 2 fully saturated rings. The number of carbonyl (C=O) groups excluding carboxylic acids is 1. The number of imidazole rings is 1. The number of aromatic amines is 1. The monoisotopic (exact) mass is 474 g/mol. The Kier molecular flexibility index (Phi) is 5.70. The van der Waals surface area contributed by atoms with E-state index >= 15 is 0 Å². The van der Waals surface area contributed by atoms with Gasteiger partial charge in [-0.1, -0.05) is 5.21 Å². The number of H-pyrrole nitrogens is 1. The zero-order valence-corrected chi connectivity index (χ0v) is 18.5. The Morgan fingerprint density at radius 2 is 2.12 bits per heavy atom. The number of cyclic esters (lactones) is 1. The number of nitrogens with one attached hydrogen (secondary N) is 1. The third-order valence-corrected chi connectivity index (χ3v) is 7.93.